The van der Waals surface area contributed by atoms with Gasteiger partial charge in [0.2, 0.25) is 0 Å². The topological polar surface area (TPSA) is 320 Å². The van der Waals surface area contributed by atoms with Gasteiger partial charge in [-0.05, 0) is 176 Å². The molecule has 698 valence electrons. The molecule has 8 aromatic carbocycles. The van der Waals surface area contributed by atoms with Crippen LogP contribution in [0.1, 0.15) is 124 Å². The van der Waals surface area contributed by atoms with Crippen molar-refractivity contribution in [3.63, 3.8) is 0 Å². The van der Waals surface area contributed by atoms with Crippen molar-refractivity contribution in [3.8, 4) is 46.0 Å². The number of carboxylic acid groups (broad SMARTS) is 3. The molecule has 0 fully saturated rings. The summed E-state index contributed by atoms with van der Waals surface area (Å²) in [6.45, 7) is 10.2. The number of alkyl halides is 12. The molecule has 16 rings (SSSR count). The fraction of sp³-hybridized carbons (Fsp3) is 0.330. The van der Waals surface area contributed by atoms with Crippen LogP contribution < -0.4 is 37.9 Å². The summed E-state index contributed by atoms with van der Waals surface area (Å²) in [5.41, 5.74) is 2.22. The second-order valence-electron chi connectivity index (χ2n) is 30.4. The van der Waals surface area contributed by atoms with E-state index in [-0.39, 0.29) is 57.0 Å². The Morgan fingerprint density at radius 1 is 0.341 bits per heavy atom. The van der Waals surface area contributed by atoms with Gasteiger partial charge >= 0.3 is 42.6 Å². The van der Waals surface area contributed by atoms with Crippen molar-refractivity contribution < 1.29 is 138 Å². The first-order chi connectivity index (χ1) is 63.3. The third-order valence-corrected chi connectivity index (χ3v) is 20.9. The zero-order valence-electron chi connectivity index (χ0n) is 71.6. The predicted molar refractivity (Wildman–Crippen MR) is 461 cm³/mol. The number of carbonyl (C=O) groups is 3. The zero-order chi connectivity index (χ0) is 94.0. The quantitative estimate of drug-likeness (QED) is 0.0206. The van der Waals surface area contributed by atoms with E-state index in [1.807, 2.05) is 117 Å². The number of ether oxygens (including phenoxy) is 8. The van der Waals surface area contributed by atoms with E-state index in [4.69, 9.17) is 71.3 Å². The molecule has 0 saturated heterocycles. The van der Waals surface area contributed by atoms with Crippen LogP contribution in [0.4, 0.5) is 52.7 Å². The van der Waals surface area contributed by atoms with Crippen LogP contribution in [0.25, 0.3) is 87.5 Å². The van der Waals surface area contributed by atoms with E-state index in [0.29, 0.717) is 186 Å². The summed E-state index contributed by atoms with van der Waals surface area (Å²) in [4.78, 5) is 35.7. The molecule has 0 aliphatic heterocycles. The van der Waals surface area contributed by atoms with Gasteiger partial charge in [-0.3, -0.25) is 9.59 Å². The van der Waals surface area contributed by atoms with Gasteiger partial charge in [-0.1, -0.05) is 74.0 Å². The molecule has 26 nitrogen and oxygen atoms in total. The summed E-state index contributed by atoms with van der Waals surface area (Å²) >= 11 is 0. The molecular formula is C94H90F12N8O18. The van der Waals surface area contributed by atoms with E-state index in [1.54, 1.807) is 57.9 Å². The molecule has 0 aliphatic carbocycles. The minimum Gasteiger partial charge on any atom is -0.493 e. The van der Waals surface area contributed by atoms with Gasteiger partial charge in [-0.25, -0.2) is 4.79 Å². The van der Waals surface area contributed by atoms with Crippen molar-refractivity contribution >= 4 is 105 Å². The number of H-pyrrole nitrogens is 1. The van der Waals surface area contributed by atoms with Crippen LogP contribution in [-0.4, -0.2) is 125 Å². The van der Waals surface area contributed by atoms with Gasteiger partial charge in [-0.15, -0.1) is 0 Å². The zero-order valence-corrected chi connectivity index (χ0v) is 71.6. The lowest BCUT2D eigenvalue weighted by atomic mass is 10.0. The second-order valence-corrected chi connectivity index (χ2v) is 30.4. The van der Waals surface area contributed by atoms with E-state index >= 15 is 0 Å². The lowest BCUT2D eigenvalue weighted by Crippen LogP contribution is -2.09. The highest BCUT2D eigenvalue weighted by atomic mass is 19.4. The number of carboxylic acids is 3. The van der Waals surface area contributed by atoms with E-state index < -0.39 is 72.0 Å². The van der Waals surface area contributed by atoms with Crippen LogP contribution in [0.2, 0.25) is 0 Å². The summed E-state index contributed by atoms with van der Waals surface area (Å²) in [5, 5.41) is 43.2. The molecule has 38 heteroatoms. The predicted octanol–water partition coefficient (Wildman–Crippen LogP) is 23.2. The van der Waals surface area contributed by atoms with Crippen LogP contribution in [0.15, 0.2) is 188 Å². The third-order valence-electron chi connectivity index (χ3n) is 20.9. The lowest BCUT2D eigenvalue weighted by Gasteiger charge is -2.12. The smallest absolute Gasteiger partial charge is 0.437 e. The maximum atomic E-state index is 13.2. The van der Waals surface area contributed by atoms with Crippen LogP contribution in [0, 0.1) is 0 Å². The Hall–Kier alpha value is -14.2. The molecule has 0 saturated carbocycles. The average Bonchev–Trinajstić information content (AvgIpc) is 1.63. The van der Waals surface area contributed by atoms with Gasteiger partial charge in [0.25, 0.3) is 0 Å². The Bertz CT molecular complexity index is 6650. The standard InChI is InChI=1S/3C24H23F3N2O5.C22H21F3N2O3/c1-2-4-17-20(8-6-18-22(17)34-28-23(18)24(25,26)27)33-12-3-11-32-16-5-7-19-15(13-16)9-10-29(19)14-21(30)31;1-2-4-17-20(8-6-18-22(17)34-28-23(18)24(25,26)27)32-12-3-10-29-11-9-15-13-16(5-7-19(15)29)33-14-21(30)31;1-2-4-17-20(8-7-18-22(17)34-28-23(18)24(25,26)27)33-12-3-11-32-16-6-5-15-9-10-29(14-21(30)31)19(15)13-16;1-2-4-16-19(8-7-17-20(16)30-27-21(17)22(23,24)25)29-12-3-11-28-15-6-5-14-9-10-26-18(14)13-15/h5-10,13H,2-4,11-12,14H2,1H3,(H,30,31);5-9,11,13H,2-4,10,12,14H2,1H3,(H,30,31);5-10,13H,2-4,11-12,14H2,1H3,(H,30,31);5-10,13,26H,2-4,11-12H2,1H3. The molecule has 0 aliphatic rings. The maximum Gasteiger partial charge on any atom is 0.437 e. The fourth-order valence-electron chi connectivity index (χ4n) is 15.0. The molecule has 0 atom stereocenters. The summed E-state index contributed by atoms with van der Waals surface area (Å²) in [5.74, 6) is 1.57. The summed E-state index contributed by atoms with van der Waals surface area (Å²) in [6.07, 6.45) is -3.84. The fourth-order valence-corrected chi connectivity index (χ4v) is 15.0. The van der Waals surface area contributed by atoms with Crippen LogP contribution >= 0.6 is 0 Å². The van der Waals surface area contributed by atoms with Gasteiger partial charge in [0.15, 0.2) is 51.7 Å². The largest absolute Gasteiger partial charge is 0.493 e. The maximum absolute atomic E-state index is 13.2. The van der Waals surface area contributed by atoms with Crippen molar-refractivity contribution in [2.75, 3.05) is 52.9 Å². The Morgan fingerprint density at radius 2 is 0.667 bits per heavy atom. The first-order valence-corrected chi connectivity index (χ1v) is 42.3. The normalized spacial score (nSPS) is 11.9. The number of aliphatic carboxylic acids is 3. The molecular weight excluding hydrogens is 1760 g/mol. The molecule has 132 heavy (non-hydrogen) atoms. The van der Waals surface area contributed by atoms with E-state index in [2.05, 4.69) is 25.6 Å². The lowest BCUT2D eigenvalue weighted by molar-refractivity contribution is -0.142. The minimum atomic E-state index is -4.59. The number of benzene rings is 8. The molecule has 16 aromatic rings. The highest BCUT2D eigenvalue weighted by Gasteiger charge is 2.41. The molecule has 0 unspecified atom stereocenters. The molecule has 0 spiro atoms. The number of hydrogen-bond acceptors (Lipinski definition) is 19. The highest BCUT2D eigenvalue weighted by molar-refractivity contribution is 5.90. The van der Waals surface area contributed by atoms with Crippen molar-refractivity contribution in [2.45, 2.75) is 149 Å². The second kappa shape index (κ2) is 42.6. The number of aromatic amines is 1. The summed E-state index contributed by atoms with van der Waals surface area (Å²) in [7, 11) is 0. The number of aromatic nitrogens is 8. The highest BCUT2D eigenvalue weighted by Crippen LogP contribution is 2.44. The number of fused-ring (bicyclic) bond motifs is 8. The van der Waals surface area contributed by atoms with Gasteiger partial charge in [0.1, 0.15) is 59.1 Å². The van der Waals surface area contributed by atoms with Crippen molar-refractivity contribution in [3.05, 3.63) is 215 Å². The average molecular weight is 1850 g/mol. The first-order valence-electron chi connectivity index (χ1n) is 42.3. The third kappa shape index (κ3) is 23.5. The number of nitrogens with zero attached hydrogens (tertiary/aromatic N) is 7. The first kappa shape index (κ1) is 95.4. The molecule has 4 N–H and O–H groups in total. The molecule has 8 aromatic heterocycles. The van der Waals surface area contributed by atoms with Gasteiger partial charge in [0, 0.05) is 112 Å². The molecule has 0 amide bonds. The Balaban J connectivity index is 0.000000150. The van der Waals surface area contributed by atoms with Gasteiger partial charge in [-0.2, -0.15) is 52.7 Å². The summed E-state index contributed by atoms with van der Waals surface area (Å²) < 4.78 is 229. The van der Waals surface area contributed by atoms with Crippen molar-refractivity contribution in [2.24, 2.45) is 0 Å². The minimum absolute atomic E-state index is 0.0404. The van der Waals surface area contributed by atoms with E-state index in [0.717, 1.165) is 55.8 Å². The van der Waals surface area contributed by atoms with Crippen LogP contribution in [-0.2, 0) is 84.4 Å². The number of hydrogen-bond donors (Lipinski definition) is 4. The molecule has 0 bridgehead atoms. The van der Waals surface area contributed by atoms with Crippen molar-refractivity contribution in [1.82, 2.24) is 39.3 Å². The van der Waals surface area contributed by atoms with Gasteiger partial charge in [0.05, 0.1) is 73.3 Å². The Kier molecular flexibility index (Phi) is 30.7. The van der Waals surface area contributed by atoms with E-state index in [1.165, 1.54) is 36.4 Å². The monoisotopic (exact) mass is 1850 g/mol. The van der Waals surface area contributed by atoms with Crippen LogP contribution in [0.3, 0.4) is 0 Å². The summed E-state index contributed by atoms with van der Waals surface area (Å²) in [6, 6.07) is 41.1. The molecule has 8 heterocycles. The van der Waals surface area contributed by atoms with E-state index in [9.17, 15) is 67.1 Å². The number of aryl methyl sites for hydroxylation is 5. The number of rotatable bonds is 38. The number of nitrogens with one attached hydrogen (secondary N) is 1. The Morgan fingerprint density at radius 3 is 1.05 bits per heavy atom. The SMILES string of the molecule is CCCc1c(OCCCOc2ccc3c(ccn3CC(=O)O)c2)ccc2c(C(F)(F)F)noc12.CCCc1c(OCCCOc2ccc3cc[nH]c3c2)ccc2c(C(F)(F)F)noc12.CCCc1c(OCCCOc2ccc3ccn(CC(=O)O)c3c2)ccc2c(C(F)(F)F)noc12.CCCc1c(OCCCn2ccc3cc(OCC(=O)O)ccc32)ccc2c(C(F)(F)F)noc12. The van der Waals surface area contributed by atoms with Gasteiger partial charge < -0.3 is 90.0 Å². The molecule has 0 radical (unpaired) electrons. The Labute approximate surface area is 743 Å². The van der Waals surface area contributed by atoms with Crippen LogP contribution in [0.5, 0.6) is 46.0 Å². The van der Waals surface area contributed by atoms with Crippen molar-refractivity contribution in [1.29, 1.82) is 0 Å². The number of halogens is 12.